The first kappa shape index (κ1) is 18.1. The zero-order valence-electron chi connectivity index (χ0n) is 13.0. The summed E-state index contributed by atoms with van der Waals surface area (Å²) >= 11 is 1.34. The Kier molecular flexibility index (Phi) is 6.93. The van der Waals surface area contributed by atoms with Gasteiger partial charge in [0.05, 0.1) is 11.8 Å². The van der Waals surface area contributed by atoms with Gasteiger partial charge in [-0.15, -0.1) is 11.8 Å². The van der Waals surface area contributed by atoms with Gasteiger partial charge in [0.25, 0.3) is 5.91 Å². The van der Waals surface area contributed by atoms with Crippen molar-refractivity contribution in [2.45, 2.75) is 31.2 Å². The summed E-state index contributed by atoms with van der Waals surface area (Å²) in [6.45, 7) is 4.94. The molecule has 0 aliphatic carbocycles. The molecule has 0 aromatic heterocycles. The highest BCUT2D eigenvalue weighted by Gasteiger charge is 2.30. The maximum absolute atomic E-state index is 11.8. The smallest absolute Gasteiger partial charge is 0.316 e. The predicted molar refractivity (Wildman–Crippen MR) is 85.1 cm³/mol. The number of amides is 1. The number of nitriles is 1. The van der Waals surface area contributed by atoms with Crippen LogP contribution in [0.15, 0.2) is 35.2 Å². The number of hydrogen-bond acceptors (Lipinski definition) is 5. The van der Waals surface area contributed by atoms with Gasteiger partial charge in [0, 0.05) is 4.90 Å². The van der Waals surface area contributed by atoms with E-state index < -0.39 is 17.4 Å². The van der Waals surface area contributed by atoms with Gasteiger partial charge in [-0.1, -0.05) is 32.0 Å². The third-order valence-electron chi connectivity index (χ3n) is 3.25. The number of benzene rings is 1. The molecule has 0 unspecified atom stereocenters. The van der Waals surface area contributed by atoms with Crippen LogP contribution in [0.2, 0.25) is 0 Å². The largest absolute Gasteiger partial charge is 0.455 e. The molecule has 5 nitrogen and oxygen atoms in total. The van der Waals surface area contributed by atoms with Crippen LogP contribution in [0.1, 0.15) is 20.8 Å². The molecule has 1 aromatic carbocycles. The molecule has 0 radical (unpaired) electrons. The highest BCUT2D eigenvalue weighted by molar-refractivity contribution is 8.00. The molecule has 0 saturated carbocycles. The number of hydrogen-bond donors (Lipinski definition) is 1. The van der Waals surface area contributed by atoms with Gasteiger partial charge in [0.15, 0.2) is 6.61 Å². The van der Waals surface area contributed by atoms with Crippen LogP contribution in [0.25, 0.3) is 0 Å². The van der Waals surface area contributed by atoms with Crippen molar-refractivity contribution >= 4 is 23.6 Å². The second-order valence-corrected chi connectivity index (χ2v) is 6.33. The highest BCUT2D eigenvalue weighted by Crippen LogP contribution is 2.17. The Bertz CT molecular complexity index is 554. The van der Waals surface area contributed by atoms with Crippen LogP contribution in [-0.4, -0.2) is 29.8 Å². The molecule has 118 valence electrons. The van der Waals surface area contributed by atoms with E-state index in [1.807, 2.05) is 44.2 Å². The molecule has 0 saturated heterocycles. The van der Waals surface area contributed by atoms with Crippen molar-refractivity contribution in [2.75, 3.05) is 12.4 Å². The van der Waals surface area contributed by atoms with Crippen LogP contribution in [0, 0.1) is 17.2 Å². The van der Waals surface area contributed by atoms with Crippen molar-refractivity contribution < 1.29 is 14.3 Å². The Morgan fingerprint density at radius 2 is 2.00 bits per heavy atom. The SMILES string of the molecule is CC(C)[C@](C)(C#N)NC(=O)COC(=O)CSc1ccccc1. The third kappa shape index (κ3) is 5.78. The molecule has 0 spiro atoms. The molecule has 0 aliphatic heterocycles. The van der Waals surface area contributed by atoms with Crippen molar-refractivity contribution in [1.82, 2.24) is 5.32 Å². The Morgan fingerprint density at radius 3 is 2.55 bits per heavy atom. The summed E-state index contributed by atoms with van der Waals surface area (Å²) in [5.41, 5.74) is -0.970. The van der Waals surface area contributed by atoms with Gasteiger partial charge in [-0.25, -0.2) is 0 Å². The van der Waals surface area contributed by atoms with Crippen molar-refractivity contribution in [3.05, 3.63) is 30.3 Å². The lowest BCUT2D eigenvalue weighted by atomic mass is 9.90. The van der Waals surface area contributed by atoms with Gasteiger partial charge >= 0.3 is 5.97 Å². The van der Waals surface area contributed by atoms with Crippen LogP contribution in [-0.2, 0) is 14.3 Å². The summed E-state index contributed by atoms with van der Waals surface area (Å²) in [5, 5.41) is 11.7. The molecular formula is C16H20N2O3S. The summed E-state index contributed by atoms with van der Waals surface area (Å²) in [4.78, 5) is 24.3. The van der Waals surface area contributed by atoms with Gasteiger partial charge in [-0.05, 0) is 25.0 Å². The number of rotatable bonds is 7. The molecule has 1 rings (SSSR count). The van der Waals surface area contributed by atoms with E-state index in [2.05, 4.69) is 11.4 Å². The minimum absolute atomic E-state index is 0.0502. The Morgan fingerprint density at radius 1 is 1.36 bits per heavy atom. The fraction of sp³-hybridized carbons (Fsp3) is 0.438. The summed E-state index contributed by atoms with van der Waals surface area (Å²) in [5.74, 6) is -0.856. The Hall–Kier alpha value is -2.00. The van der Waals surface area contributed by atoms with Crippen molar-refractivity contribution in [2.24, 2.45) is 5.92 Å². The lowest BCUT2D eigenvalue weighted by Gasteiger charge is -2.27. The zero-order valence-corrected chi connectivity index (χ0v) is 13.8. The molecule has 0 bridgehead atoms. The van der Waals surface area contributed by atoms with E-state index in [-0.39, 0.29) is 18.3 Å². The van der Waals surface area contributed by atoms with E-state index in [1.54, 1.807) is 6.92 Å². The monoisotopic (exact) mass is 320 g/mol. The molecule has 0 fully saturated rings. The summed E-state index contributed by atoms with van der Waals surface area (Å²) in [6.07, 6.45) is 0. The number of ether oxygens (including phenoxy) is 1. The molecule has 1 amide bonds. The standard InChI is InChI=1S/C16H20N2O3S/c1-12(2)16(3,11-17)18-14(19)9-21-15(20)10-22-13-7-5-4-6-8-13/h4-8,12H,9-10H2,1-3H3,(H,18,19)/t16-/m0/s1. The van der Waals surface area contributed by atoms with Gasteiger partial charge < -0.3 is 10.1 Å². The van der Waals surface area contributed by atoms with E-state index >= 15 is 0 Å². The Labute approximate surface area is 135 Å². The predicted octanol–water partition coefficient (Wildman–Crippen LogP) is 2.38. The topological polar surface area (TPSA) is 79.2 Å². The second kappa shape index (κ2) is 8.44. The number of carbonyl (C=O) groups excluding carboxylic acids is 2. The minimum Gasteiger partial charge on any atom is -0.455 e. The van der Waals surface area contributed by atoms with Crippen LogP contribution >= 0.6 is 11.8 Å². The minimum atomic E-state index is -0.970. The molecule has 1 N–H and O–H groups in total. The average molecular weight is 320 g/mol. The van der Waals surface area contributed by atoms with Crippen molar-refractivity contribution in [3.63, 3.8) is 0 Å². The normalized spacial score (nSPS) is 13.0. The fourth-order valence-corrected chi connectivity index (χ4v) is 2.19. The van der Waals surface area contributed by atoms with E-state index in [0.717, 1.165) is 4.90 Å². The number of carbonyl (C=O) groups is 2. The number of nitrogens with zero attached hydrogens (tertiary/aromatic N) is 1. The second-order valence-electron chi connectivity index (χ2n) is 5.28. The molecule has 1 aromatic rings. The quantitative estimate of drug-likeness (QED) is 0.616. The van der Waals surface area contributed by atoms with Crippen LogP contribution in [0.4, 0.5) is 0 Å². The molecule has 6 heteroatoms. The van der Waals surface area contributed by atoms with Gasteiger partial charge in [0.2, 0.25) is 0 Å². The first-order valence-corrected chi connectivity index (χ1v) is 7.91. The van der Waals surface area contributed by atoms with E-state index in [1.165, 1.54) is 11.8 Å². The van der Waals surface area contributed by atoms with Crippen molar-refractivity contribution in [3.8, 4) is 6.07 Å². The first-order valence-electron chi connectivity index (χ1n) is 6.93. The third-order valence-corrected chi connectivity index (χ3v) is 4.24. The molecule has 0 heterocycles. The van der Waals surface area contributed by atoms with Crippen LogP contribution in [0.5, 0.6) is 0 Å². The van der Waals surface area contributed by atoms with Gasteiger partial charge in [0.1, 0.15) is 5.54 Å². The van der Waals surface area contributed by atoms with Gasteiger partial charge in [-0.2, -0.15) is 5.26 Å². The van der Waals surface area contributed by atoms with E-state index in [0.29, 0.717) is 0 Å². The number of esters is 1. The summed E-state index contributed by atoms with van der Waals surface area (Å²) in [7, 11) is 0. The molecule has 22 heavy (non-hydrogen) atoms. The lowest BCUT2D eigenvalue weighted by Crippen LogP contribution is -2.50. The lowest BCUT2D eigenvalue weighted by molar-refractivity contribution is -0.146. The first-order chi connectivity index (χ1) is 10.4. The maximum Gasteiger partial charge on any atom is 0.316 e. The van der Waals surface area contributed by atoms with Crippen LogP contribution < -0.4 is 5.32 Å². The molecule has 0 aliphatic rings. The number of nitrogens with one attached hydrogen (secondary N) is 1. The summed E-state index contributed by atoms with van der Waals surface area (Å²) in [6, 6.07) is 11.5. The van der Waals surface area contributed by atoms with Crippen molar-refractivity contribution in [1.29, 1.82) is 5.26 Å². The maximum atomic E-state index is 11.8. The average Bonchev–Trinajstić information content (AvgIpc) is 2.51. The zero-order chi connectivity index (χ0) is 16.6. The van der Waals surface area contributed by atoms with E-state index in [9.17, 15) is 9.59 Å². The van der Waals surface area contributed by atoms with E-state index in [4.69, 9.17) is 10.00 Å². The summed E-state index contributed by atoms with van der Waals surface area (Å²) < 4.78 is 4.91. The van der Waals surface area contributed by atoms with Crippen LogP contribution in [0.3, 0.4) is 0 Å². The van der Waals surface area contributed by atoms with Gasteiger partial charge in [-0.3, -0.25) is 9.59 Å². The highest BCUT2D eigenvalue weighted by atomic mass is 32.2. The Balaban J connectivity index is 2.35. The fourth-order valence-electron chi connectivity index (χ4n) is 1.47. The molecule has 1 atom stereocenters. The number of thioether (sulfide) groups is 1. The molecular weight excluding hydrogens is 300 g/mol.